The van der Waals surface area contributed by atoms with Crippen molar-refractivity contribution in [3.63, 3.8) is 0 Å². The fourth-order valence-electron chi connectivity index (χ4n) is 2.37. The molecule has 0 N–H and O–H groups in total. The quantitative estimate of drug-likeness (QED) is 0.547. The summed E-state index contributed by atoms with van der Waals surface area (Å²) in [6.07, 6.45) is 6.04. The van der Waals surface area contributed by atoms with E-state index in [0.29, 0.717) is 24.1 Å². The molecule has 0 saturated heterocycles. The summed E-state index contributed by atoms with van der Waals surface area (Å²) >= 11 is 0. The summed E-state index contributed by atoms with van der Waals surface area (Å²) in [6.45, 7) is 2.74. The van der Waals surface area contributed by atoms with E-state index in [2.05, 4.69) is 17.2 Å². The number of carbonyl (C=O) groups is 1. The Morgan fingerprint density at radius 1 is 1.14 bits per heavy atom. The third-order valence-electron chi connectivity index (χ3n) is 3.54. The van der Waals surface area contributed by atoms with Crippen molar-refractivity contribution in [2.24, 2.45) is 0 Å². The zero-order chi connectivity index (χ0) is 15.9. The lowest BCUT2D eigenvalue weighted by atomic mass is 10.1. The van der Waals surface area contributed by atoms with Crippen LogP contribution in [0.2, 0.25) is 0 Å². The third-order valence-corrected chi connectivity index (χ3v) is 3.54. The van der Waals surface area contributed by atoms with E-state index in [1.165, 1.54) is 18.9 Å². The molecular formula is C16H19F2N3O. The van der Waals surface area contributed by atoms with Crippen LogP contribution < -0.4 is 0 Å². The topological polar surface area (TPSA) is 47.8 Å². The average Bonchev–Trinajstić information content (AvgIpc) is 2.93. The Hall–Kier alpha value is -2.11. The molecule has 1 aromatic heterocycles. The Morgan fingerprint density at radius 3 is 2.59 bits per heavy atom. The number of aryl methyl sites for hydroxylation is 1. The van der Waals surface area contributed by atoms with Gasteiger partial charge in [-0.2, -0.15) is 0 Å². The summed E-state index contributed by atoms with van der Waals surface area (Å²) < 4.78 is 28.1. The molecule has 0 unspecified atom stereocenters. The lowest BCUT2D eigenvalue weighted by molar-refractivity contribution is 0.111. The second kappa shape index (κ2) is 7.77. The van der Waals surface area contributed by atoms with E-state index in [1.54, 1.807) is 4.68 Å². The summed E-state index contributed by atoms with van der Waals surface area (Å²) in [5.41, 5.74) is 0.975. The summed E-state index contributed by atoms with van der Waals surface area (Å²) in [7, 11) is 0. The minimum atomic E-state index is -0.954. The summed E-state index contributed by atoms with van der Waals surface area (Å²) in [4.78, 5) is 11.1. The molecule has 0 radical (unpaired) electrons. The Labute approximate surface area is 128 Å². The van der Waals surface area contributed by atoms with Gasteiger partial charge in [-0.05, 0) is 24.6 Å². The van der Waals surface area contributed by atoms with Crippen LogP contribution in [0, 0.1) is 11.6 Å². The number of nitrogens with zero attached hydrogens (tertiary/aromatic N) is 3. The van der Waals surface area contributed by atoms with Crippen LogP contribution in [-0.4, -0.2) is 21.3 Å². The monoisotopic (exact) mass is 307 g/mol. The largest absolute Gasteiger partial charge is 0.296 e. The molecule has 2 aromatic rings. The van der Waals surface area contributed by atoms with Crippen LogP contribution in [0.5, 0.6) is 0 Å². The van der Waals surface area contributed by atoms with Gasteiger partial charge >= 0.3 is 0 Å². The molecule has 6 heteroatoms. The van der Waals surface area contributed by atoms with Crippen molar-refractivity contribution >= 4 is 6.29 Å². The van der Waals surface area contributed by atoms with Crippen molar-refractivity contribution in [1.29, 1.82) is 0 Å². The van der Waals surface area contributed by atoms with E-state index in [9.17, 15) is 13.6 Å². The fraction of sp³-hybridized carbons (Fsp3) is 0.438. The first-order chi connectivity index (χ1) is 10.7. The number of rotatable bonds is 8. The predicted molar refractivity (Wildman–Crippen MR) is 79.5 cm³/mol. The highest BCUT2D eigenvalue weighted by Gasteiger charge is 2.16. The van der Waals surface area contributed by atoms with Crippen LogP contribution in [0.4, 0.5) is 8.78 Å². The fourth-order valence-corrected chi connectivity index (χ4v) is 2.37. The maximum atomic E-state index is 13.4. The van der Waals surface area contributed by atoms with Crippen molar-refractivity contribution in [3.8, 4) is 11.3 Å². The first-order valence-electron chi connectivity index (χ1n) is 7.51. The van der Waals surface area contributed by atoms with Crippen molar-refractivity contribution in [2.45, 2.75) is 45.6 Å². The number of benzene rings is 1. The van der Waals surface area contributed by atoms with Gasteiger partial charge in [-0.15, -0.1) is 5.10 Å². The smallest absolute Gasteiger partial charge is 0.172 e. The van der Waals surface area contributed by atoms with Crippen LogP contribution in [-0.2, 0) is 6.54 Å². The number of unbranched alkanes of at least 4 members (excludes halogenated alkanes) is 4. The molecule has 0 fully saturated rings. The van der Waals surface area contributed by atoms with Gasteiger partial charge in [0.1, 0.15) is 0 Å². The van der Waals surface area contributed by atoms with Crippen LogP contribution in [0.3, 0.4) is 0 Å². The van der Waals surface area contributed by atoms with E-state index in [0.717, 1.165) is 31.4 Å². The van der Waals surface area contributed by atoms with Crippen molar-refractivity contribution in [3.05, 3.63) is 35.5 Å². The molecule has 118 valence electrons. The van der Waals surface area contributed by atoms with E-state index in [1.807, 2.05) is 0 Å². The average molecular weight is 307 g/mol. The standard InChI is InChI=1S/C16H19F2N3O/c1-2-3-4-5-6-9-21-16(15(11-22)19-20-21)12-7-8-13(17)14(18)10-12/h7-8,10-11H,2-6,9H2,1H3. The molecule has 0 atom stereocenters. The highest BCUT2D eigenvalue weighted by molar-refractivity contribution is 5.83. The van der Waals surface area contributed by atoms with E-state index in [-0.39, 0.29) is 5.69 Å². The lowest BCUT2D eigenvalue weighted by Crippen LogP contribution is -2.04. The van der Waals surface area contributed by atoms with Gasteiger partial charge in [0, 0.05) is 12.1 Å². The van der Waals surface area contributed by atoms with E-state index >= 15 is 0 Å². The molecule has 22 heavy (non-hydrogen) atoms. The Bertz CT molecular complexity index is 640. The van der Waals surface area contributed by atoms with Crippen LogP contribution >= 0.6 is 0 Å². The normalized spacial score (nSPS) is 10.9. The number of carbonyl (C=O) groups excluding carboxylic acids is 1. The first kappa shape index (κ1) is 16.3. The highest BCUT2D eigenvalue weighted by Crippen LogP contribution is 2.24. The third kappa shape index (κ3) is 3.75. The lowest BCUT2D eigenvalue weighted by Gasteiger charge is -2.07. The molecule has 4 nitrogen and oxygen atoms in total. The first-order valence-corrected chi connectivity index (χ1v) is 7.51. The molecule has 0 saturated carbocycles. The van der Waals surface area contributed by atoms with Gasteiger partial charge in [0.15, 0.2) is 23.6 Å². The van der Waals surface area contributed by atoms with Gasteiger partial charge in [0.2, 0.25) is 0 Å². The number of aromatic nitrogens is 3. The van der Waals surface area contributed by atoms with Gasteiger partial charge in [-0.1, -0.05) is 37.8 Å². The number of aldehydes is 1. The maximum Gasteiger partial charge on any atom is 0.172 e. The number of hydrogen-bond acceptors (Lipinski definition) is 3. The summed E-state index contributed by atoms with van der Waals surface area (Å²) in [5.74, 6) is -1.87. The molecule has 0 aliphatic heterocycles. The van der Waals surface area contributed by atoms with Crippen LogP contribution in [0.25, 0.3) is 11.3 Å². The second-order valence-electron chi connectivity index (χ2n) is 5.21. The molecule has 0 spiro atoms. The van der Waals surface area contributed by atoms with E-state index < -0.39 is 11.6 Å². The summed E-state index contributed by atoms with van der Waals surface area (Å²) in [6, 6.07) is 3.53. The Kier molecular flexibility index (Phi) is 5.75. The zero-order valence-corrected chi connectivity index (χ0v) is 12.6. The SMILES string of the molecule is CCCCCCCn1nnc(C=O)c1-c1ccc(F)c(F)c1. The van der Waals surface area contributed by atoms with Gasteiger partial charge in [0.25, 0.3) is 0 Å². The molecule has 0 bridgehead atoms. The molecule has 0 amide bonds. The minimum Gasteiger partial charge on any atom is -0.296 e. The Morgan fingerprint density at radius 2 is 1.91 bits per heavy atom. The van der Waals surface area contributed by atoms with Gasteiger partial charge in [-0.3, -0.25) is 4.79 Å². The molecule has 1 aromatic carbocycles. The molecule has 1 heterocycles. The second-order valence-corrected chi connectivity index (χ2v) is 5.21. The Balaban J connectivity index is 2.19. The molecule has 0 aliphatic carbocycles. The van der Waals surface area contributed by atoms with Crippen LogP contribution in [0.1, 0.15) is 49.5 Å². The van der Waals surface area contributed by atoms with Gasteiger partial charge < -0.3 is 0 Å². The predicted octanol–water partition coefficient (Wildman–Crippen LogP) is 4.01. The number of hydrogen-bond donors (Lipinski definition) is 0. The molecular weight excluding hydrogens is 288 g/mol. The molecule has 2 rings (SSSR count). The van der Waals surface area contributed by atoms with Crippen LogP contribution in [0.15, 0.2) is 18.2 Å². The zero-order valence-electron chi connectivity index (χ0n) is 12.6. The van der Waals surface area contributed by atoms with Crippen molar-refractivity contribution in [1.82, 2.24) is 15.0 Å². The van der Waals surface area contributed by atoms with Crippen molar-refractivity contribution < 1.29 is 13.6 Å². The van der Waals surface area contributed by atoms with Gasteiger partial charge in [0.05, 0.1) is 5.69 Å². The van der Waals surface area contributed by atoms with E-state index in [4.69, 9.17) is 0 Å². The van der Waals surface area contributed by atoms with Gasteiger partial charge in [-0.25, -0.2) is 13.5 Å². The number of halogens is 2. The maximum absolute atomic E-state index is 13.4. The minimum absolute atomic E-state index is 0.138. The summed E-state index contributed by atoms with van der Waals surface area (Å²) in [5, 5.41) is 7.76. The van der Waals surface area contributed by atoms with Crippen molar-refractivity contribution in [2.75, 3.05) is 0 Å². The highest BCUT2D eigenvalue weighted by atomic mass is 19.2. The molecule has 0 aliphatic rings.